The molecule has 0 aromatic heterocycles. The minimum Gasteiger partial charge on any atom is -0.452 e. The Hall–Kier alpha value is -1.81. The highest BCUT2D eigenvalue weighted by atomic mass is 35.5. The lowest BCUT2D eigenvalue weighted by Gasteiger charge is -2.06. The van der Waals surface area contributed by atoms with Gasteiger partial charge in [-0.2, -0.15) is 0 Å². The quantitative estimate of drug-likeness (QED) is 0.361. The highest BCUT2D eigenvalue weighted by molar-refractivity contribution is 6.29. The monoisotopic (exact) mass is 280 g/mol. The van der Waals surface area contributed by atoms with E-state index in [1.807, 2.05) is 0 Å². The molecule has 0 spiro atoms. The van der Waals surface area contributed by atoms with Crippen LogP contribution in [-0.2, 0) is 4.79 Å². The Morgan fingerprint density at radius 2 is 2.05 bits per heavy atom. The van der Waals surface area contributed by atoms with Gasteiger partial charge in [0.2, 0.25) is 5.78 Å². The van der Waals surface area contributed by atoms with Gasteiger partial charge in [0.05, 0.1) is 5.56 Å². The Labute approximate surface area is 116 Å². The molecule has 4 nitrogen and oxygen atoms in total. The van der Waals surface area contributed by atoms with Crippen molar-refractivity contribution < 1.29 is 19.1 Å². The highest BCUT2D eigenvalue weighted by Gasteiger charge is 2.28. The molecule has 2 rings (SSSR count). The SMILES string of the molecule is CC(C)=C1Oc2cc(OC(=O)C(C)Cl)ccc2C1=O. The lowest BCUT2D eigenvalue weighted by Crippen LogP contribution is -2.17. The molecule has 1 aliphatic rings. The van der Waals surface area contributed by atoms with Crippen LogP contribution in [0.5, 0.6) is 11.5 Å². The smallest absolute Gasteiger partial charge is 0.329 e. The van der Waals surface area contributed by atoms with E-state index in [-0.39, 0.29) is 5.78 Å². The number of fused-ring (bicyclic) bond motifs is 1. The van der Waals surface area contributed by atoms with Crippen LogP contribution in [0.4, 0.5) is 0 Å². The zero-order valence-corrected chi connectivity index (χ0v) is 11.6. The zero-order valence-electron chi connectivity index (χ0n) is 10.8. The maximum Gasteiger partial charge on any atom is 0.329 e. The average Bonchev–Trinajstić information content (AvgIpc) is 2.66. The second kappa shape index (κ2) is 5.05. The summed E-state index contributed by atoms with van der Waals surface area (Å²) in [4.78, 5) is 23.3. The maximum absolute atomic E-state index is 12.0. The van der Waals surface area contributed by atoms with Crippen LogP contribution in [0.2, 0.25) is 0 Å². The molecule has 0 saturated heterocycles. The summed E-state index contributed by atoms with van der Waals surface area (Å²) in [6.07, 6.45) is 0. The van der Waals surface area contributed by atoms with Crippen LogP contribution in [0.15, 0.2) is 29.5 Å². The van der Waals surface area contributed by atoms with Crippen LogP contribution in [0.25, 0.3) is 0 Å². The first-order chi connectivity index (χ1) is 8.90. The molecule has 0 saturated carbocycles. The standard InChI is InChI=1S/C14H13ClO4/c1-7(2)13-12(16)10-5-4-9(6-11(10)19-13)18-14(17)8(3)15/h4-6,8H,1-3H3. The summed E-state index contributed by atoms with van der Waals surface area (Å²) in [7, 11) is 0. The first kappa shape index (κ1) is 13.6. The van der Waals surface area contributed by atoms with Gasteiger partial charge in [-0.25, -0.2) is 0 Å². The van der Waals surface area contributed by atoms with Gasteiger partial charge in [0.25, 0.3) is 0 Å². The fourth-order valence-corrected chi connectivity index (χ4v) is 1.69. The predicted molar refractivity (Wildman–Crippen MR) is 70.7 cm³/mol. The van der Waals surface area contributed by atoms with Gasteiger partial charge < -0.3 is 9.47 Å². The Morgan fingerprint density at radius 3 is 2.63 bits per heavy atom. The fraction of sp³-hybridized carbons (Fsp3) is 0.286. The van der Waals surface area contributed by atoms with Crippen molar-refractivity contribution in [3.05, 3.63) is 35.1 Å². The number of Topliss-reactive ketones (excluding diaryl/α,β-unsaturated/α-hetero) is 1. The number of allylic oxidation sites excluding steroid dienone is 2. The van der Waals surface area contributed by atoms with E-state index in [1.54, 1.807) is 26.0 Å². The first-order valence-electron chi connectivity index (χ1n) is 5.80. The fourth-order valence-electron chi connectivity index (χ4n) is 1.64. The number of benzene rings is 1. The number of ketones is 1. The summed E-state index contributed by atoms with van der Waals surface area (Å²) in [5.41, 5.74) is 1.27. The lowest BCUT2D eigenvalue weighted by molar-refractivity contribution is -0.133. The van der Waals surface area contributed by atoms with Crippen molar-refractivity contribution in [2.24, 2.45) is 0 Å². The van der Waals surface area contributed by atoms with Gasteiger partial charge >= 0.3 is 5.97 Å². The van der Waals surface area contributed by atoms with E-state index in [1.165, 1.54) is 13.0 Å². The summed E-state index contributed by atoms with van der Waals surface area (Å²) in [5.74, 6) is 0.323. The molecule has 1 aromatic carbocycles. The Kier molecular flexibility index (Phi) is 3.62. The van der Waals surface area contributed by atoms with Crippen LogP contribution in [0.3, 0.4) is 0 Å². The zero-order chi connectivity index (χ0) is 14.2. The van der Waals surface area contributed by atoms with E-state index in [9.17, 15) is 9.59 Å². The molecule has 0 amide bonds. The largest absolute Gasteiger partial charge is 0.452 e. The Balaban J connectivity index is 2.29. The third kappa shape index (κ3) is 2.63. The average molecular weight is 281 g/mol. The van der Waals surface area contributed by atoms with Gasteiger partial charge in [0, 0.05) is 6.07 Å². The van der Waals surface area contributed by atoms with Gasteiger partial charge in [-0.05, 0) is 38.5 Å². The van der Waals surface area contributed by atoms with Crippen molar-refractivity contribution in [1.82, 2.24) is 0 Å². The number of carbonyl (C=O) groups is 2. The number of halogens is 1. The number of rotatable bonds is 2. The van der Waals surface area contributed by atoms with E-state index in [0.29, 0.717) is 22.8 Å². The van der Waals surface area contributed by atoms with Gasteiger partial charge in [-0.1, -0.05) is 0 Å². The number of hydrogen-bond donors (Lipinski definition) is 0. The first-order valence-corrected chi connectivity index (χ1v) is 6.23. The molecule has 0 fully saturated rings. The molecule has 5 heteroatoms. The number of alkyl halides is 1. The van der Waals surface area contributed by atoms with Crippen LogP contribution in [0.1, 0.15) is 31.1 Å². The highest BCUT2D eigenvalue weighted by Crippen LogP contribution is 2.35. The van der Waals surface area contributed by atoms with Crippen molar-refractivity contribution in [3.8, 4) is 11.5 Å². The van der Waals surface area contributed by atoms with Crippen molar-refractivity contribution in [2.75, 3.05) is 0 Å². The molecular weight excluding hydrogens is 268 g/mol. The normalized spacial score (nSPS) is 14.7. The molecule has 1 aliphatic heterocycles. The molecule has 1 heterocycles. The second-order valence-corrected chi connectivity index (χ2v) is 5.11. The lowest BCUT2D eigenvalue weighted by atomic mass is 10.1. The van der Waals surface area contributed by atoms with E-state index in [2.05, 4.69) is 0 Å². The molecule has 19 heavy (non-hydrogen) atoms. The molecule has 1 unspecified atom stereocenters. The minimum atomic E-state index is -0.732. The number of ether oxygens (including phenoxy) is 2. The van der Waals surface area contributed by atoms with Gasteiger partial charge in [-0.3, -0.25) is 9.59 Å². The number of carbonyl (C=O) groups excluding carboxylic acids is 2. The molecule has 0 bridgehead atoms. The van der Waals surface area contributed by atoms with E-state index in [0.717, 1.165) is 5.57 Å². The third-order valence-electron chi connectivity index (χ3n) is 2.61. The molecule has 0 N–H and O–H groups in total. The van der Waals surface area contributed by atoms with Crippen LogP contribution in [0, 0.1) is 0 Å². The van der Waals surface area contributed by atoms with Gasteiger partial charge in [-0.15, -0.1) is 11.6 Å². The van der Waals surface area contributed by atoms with Crippen molar-refractivity contribution >= 4 is 23.4 Å². The third-order valence-corrected chi connectivity index (χ3v) is 2.79. The predicted octanol–water partition coefficient (Wildman–Crippen LogP) is 3.09. The molecule has 1 atom stereocenters. The van der Waals surface area contributed by atoms with E-state index >= 15 is 0 Å². The Bertz CT molecular complexity index is 583. The maximum atomic E-state index is 12.0. The summed E-state index contributed by atoms with van der Waals surface area (Å²) in [6, 6.07) is 4.64. The minimum absolute atomic E-state index is 0.154. The summed E-state index contributed by atoms with van der Waals surface area (Å²) in [5, 5.41) is -0.732. The molecule has 1 aromatic rings. The van der Waals surface area contributed by atoms with Gasteiger partial charge in [0.1, 0.15) is 16.9 Å². The van der Waals surface area contributed by atoms with Crippen molar-refractivity contribution in [1.29, 1.82) is 0 Å². The second-order valence-electron chi connectivity index (χ2n) is 4.46. The topological polar surface area (TPSA) is 52.6 Å². The van der Waals surface area contributed by atoms with E-state index < -0.39 is 11.3 Å². The number of esters is 1. The summed E-state index contributed by atoms with van der Waals surface area (Å²) >= 11 is 5.62. The van der Waals surface area contributed by atoms with E-state index in [4.69, 9.17) is 21.1 Å². The molecule has 0 radical (unpaired) electrons. The van der Waals surface area contributed by atoms with Gasteiger partial charge in [0.15, 0.2) is 5.76 Å². The molecule has 100 valence electrons. The van der Waals surface area contributed by atoms with Crippen LogP contribution < -0.4 is 9.47 Å². The molecular formula is C14H13ClO4. The Morgan fingerprint density at radius 1 is 1.37 bits per heavy atom. The van der Waals surface area contributed by atoms with Crippen molar-refractivity contribution in [3.63, 3.8) is 0 Å². The van der Waals surface area contributed by atoms with Crippen molar-refractivity contribution in [2.45, 2.75) is 26.1 Å². The summed E-state index contributed by atoms with van der Waals surface area (Å²) in [6.45, 7) is 5.13. The number of hydrogen-bond acceptors (Lipinski definition) is 4. The van der Waals surface area contributed by atoms with Crippen LogP contribution >= 0.6 is 11.6 Å². The van der Waals surface area contributed by atoms with Crippen LogP contribution in [-0.4, -0.2) is 17.1 Å². The summed E-state index contributed by atoms with van der Waals surface area (Å²) < 4.78 is 10.5. The molecule has 0 aliphatic carbocycles.